The summed E-state index contributed by atoms with van der Waals surface area (Å²) in [4.78, 5) is 2.31. The van der Waals surface area contributed by atoms with Gasteiger partial charge < -0.3 is 18.9 Å². The lowest BCUT2D eigenvalue weighted by atomic mass is 10.0. The molecule has 0 atom stereocenters. The Hall–Kier alpha value is -6.69. The van der Waals surface area contributed by atoms with E-state index in [9.17, 15) is 0 Å². The standard InChI is InChI=1S/C52H42O4S/c1-37-3-5-38(6-4-37)35-39-7-17-45(18-8-39)54-48-23-13-42(14-24-48)43-15-25-49(26-16-43)55-46-19-9-40(10-20-46)36-41-11-21-47(22-12-41)56-50-29-33-52(34-30-50)57-51-31-27-44(53-2)28-32-51/h3-34H,35-36H2,1-2H3. The lowest BCUT2D eigenvalue weighted by Crippen LogP contribution is -1.90. The Morgan fingerprint density at radius 2 is 0.579 bits per heavy atom. The van der Waals surface area contributed by atoms with Gasteiger partial charge in [0.05, 0.1) is 7.11 Å². The maximum atomic E-state index is 6.18. The number of hydrogen-bond donors (Lipinski definition) is 0. The SMILES string of the molecule is COc1ccc(Sc2ccc(Oc3ccc(Cc4ccc(Oc5ccc(-c6ccc(Oc7ccc(Cc8ccc(C)cc8)cc7)cc6)cc5)cc4)cc3)cc2)cc1. The van der Waals surface area contributed by atoms with E-state index in [1.165, 1.54) is 27.8 Å². The molecule has 0 aliphatic heterocycles. The van der Waals surface area contributed by atoms with E-state index in [4.69, 9.17) is 18.9 Å². The topological polar surface area (TPSA) is 36.9 Å². The van der Waals surface area contributed by atoms with Crippen molar-refractivity contribution in [3.63, 3.8) is 0 Å². The van der Waals surface area contributed by atoms with Crippen LogP contribution in [-0.2, 0) is 12.8 Å². The van der Waals surface area contributed by atoms with Crippen LogP contribution in [0.2, 0.25) is 0 Å². The van der Waals surface area contributed by atoms with E-state index in [1.54, 1.807) is 18.9 Å². The van der Waals surface area contributed by atoms with Crippen molar-refractivity contribution in [2.24, 2.45) is 0 Å². The van der Waals surface area contributed by atoms with Crippen molar-refractivity contribution in [3.05, 3.63) is 222 Å². The Kier molecular flexibility index (Phi) is 11.7. The molecule has 0 bridgehead atoms. The maximum Gasteiger partial charge on any atom is 0.127 e. The Balaban J connectivity index is 0.791. The van der Waals surface area contributed by atoms with Crippen LogP contribution < -0.4 is 18.9 Å². The average Bonchev–Trinajstić information content (AvgIpc) is 3.25. The second kappa shape index (κ2) is 17.8. The normalized spacial score (nSPS) is 10.8. The molecule has 0 saturated heterocycles. The van der Waals surface area contributed by atoms with Gasteiger partial charge in [0.2, 0.25) is 0 Å². The molecule has 280 valence electrons. The van der Waals surface area contributed by atoms with Crippen molar-refractivity contribution >= 4 is 11.8 Å². The Bertz CT molecular complexity index is 2480. The molecule has 0 saturated carbocycles. The third-order valence-electron chi connectivity index (χ3n) is 9.58. The van der Waals surface area contributed by atoms with Crippen LogP contribution in [0.5, 0.6) is 40.2 Å². The third kappa shape index (κ3) is 10.3. The Morgan fingerprint density at radius 1 is 0.316 bits per heavy atom. The van der Waals surface area contributed by atoms with Crippen LogP contribution in [-0.4, -0.2) is 7.11 Å². The zero-order chi connectivity index (χ0) is 38.8. The highest BCUT2D eigenvalue weighted by atomic mass is 32.2. The fourth-order valence-corrected chi connectivity index (χ4v) is 7.21. The van der Waals surface area contributed by atoms with E-state index in [2.05, 4.69) is 116 Å². The second-order valence-corrected chi connectivity index (χ2v) is 15.0. The molecule has 0 fully saturated rings. The lowest BCUT2D eigenvalue weighted by Gasteiger charge is -2.10. The van der Waals surface area contributed by atoms with Crippen LogP contribution in [0.15, 0.2) is 204 Å². The molecule has 8 aromatic carbocycles. The van der Waals surface area contributed by atoms with Gasteiger partial charge in [0.15, 0.2) is 0 Å². The van der Waals surface area contributed by atoms with Crippen molar-refractivity contribution in [1.82, 2.24) is 0 Å². The number of rotatable bonds is 14. The van der Waals surface area contributed by atoms with Gasteiger partial charge in [-0.05, 0) is 162 Å². The summed E-state index contributed by atoms with van der Waals surface area (Å²) in [6, 6.07) is 66.1. The largest absolute Gasteiger partial charge is 0.497 e. The van der Waals surface area contributed by atoms with Crippen LogP contribution in [0.1, 0.15) is 27.8 Å². The molecule has 0 aliphatic carbocycles. The highest BCUT2D eigenvalue weighted by Crippen LogP contribution is 2.33. The van der Waals surface area contributed by atoms with E-state index >= 15 is 0 Å². The summed E-state index contributed by atoms with van der Waals surface area (Å²) in [6.07, 6.45) is 1.72. The first-order valence-corrected chi connectivity index (χ1v) is 19.8. The van der Waals surface area contributed by atoms with E-state index in [1.807, 2.05) is 84.9 Å². The molecule has 0 N–H and O–H groups in total. The number of methoxy groups -OCH3 is 1. The minimum Gasteiger partial charge on any atom is -0.497 e. The van der Waals surface area contributed by atoms with Gasteiger partial charge in [0.25, 0.3) is 0 Å². The predicted molar refractivity (Wildman–Crippen MR) is 232 cm³/mol. The molecule has 0 radical (unpaired) electrons. The van der Waals surface area contributed by atoms with E-state index < -0.39 is 0 Å². The summed E-state index contributed by atoms with van der Waals surface area (Å²) in [6.45, 7) is 2.11. The monoisotopic (exact) mass is 762 g/mol. The van der Waals surface area contributed by atoms with Crippen molar-refractivity contribution < 1.29 is 18.9 Å². The second-order valence-electron chi connectivity index (χ2n) is 13.9. The van der Waals surface area contributed by atoms with Gasteiger partial charge in [0.1, 0.15) is 40.2 Å². The van der Waals surface area contributed by atoms with E-state index in [-0.39, 0.29) is 0 Å². The van der Waals surface area contributed by atoms with Crippen molar-refractivity contribution in [2.45, 2.75) is 29.6 Å². The zero-order valence-corrected chi connectivity index (χ0v) is 32.7. The van der Waals surface area contributed by atoms with Gasteiger partial charge in [-0.25, -0.2) is 0 Å². The molecule has 5 heteroatoms. The van der Waals surface area contributed by atoms with Gasteiger partial charge >= 0.3 is 0 Å². The van der Waals surface area contributed by atoms with Crippen LogP contribution in [0.25, 0.3) is 11.1 Å². The third-order valence-corrected chi connectivity index (χ3v) is 10.6. The molecular formula is C52H42O4S. The van der Waals surface area contributed by atoms with Gasteiger partial charge in [-0.15, -0.1) is 0 Å². The summed E-state index contributed by atoms with van der Waals surface area (Å²) < 4.78 is 23.7. The predicted octanol–water partition coefficient (Wildman–Crippen LogP) is 14.4. The van der Waals surface area contributed by atoms with E-state index in [0.717, 1.165) is 74.0 Å². The highest BCUT2D eigenvalue weighted by molar-refractivity contribution is 7.99. The summed E-state index contributed by atoms with van der Waals surface area (Å²) in [5, 5.41) is 0. The first-order valence-electron chi connectivity index (χ1n) is 19.0. The fraction of sp³-hybridized carbons (Fsp3) is 0.0769. The smallest absolute Gasteiger partial charge is 0.127 e. The molecule has 0 heterocycles. The summed E-state index contributed by atoms with van der Waals surface area (Å²) in [7, 11) is 1.68. The van der Waals surface area contributed by atoms with Gasteiger partial charge in [-0.2, -0.15) is 0 Å². The summed E-state index contributed by atoms with van der Waals surface area (Å²) in [5.74, 6) is 5.68. The molecular weight excluding hydrogens is 721 g/mol. The van der Waals surface area contributed by atoms with Gasteiger partial charge in [0, 0.05) is 9.79 Å². The van der Waals surface area contributed by atoms with Crippen LogP contribution in [0.4, 0.5) is 0 Å². The molecule has 0 unspecified atom stereocenters. The first-order chi connectivity index (χ1) is 28.0. The quantitative estimate of drug-likeness (QED) is 0.110. The molecule has 0 aliphatic rings. The minimum absolute atomic E-state index is 0.790. The minimum atomic E-state index is 0.790. The van der Waals surface area contributed by atoms with Crippen LogP contribution in [0.3, 0.4) is 0 Å². The summed E-state index contributed by atoms with van der Waals surface area (Å²) >= 11 is 1.70. The fourth-order valence-electron chi connectivity index (χ4n) is 6.40. The lowest BCUT2D eigenvalue weighted by molar-refractivity contribution is 0.414. The molecule has 8 aromatic rings. The van der Waals surface area contributed by atoms with Crippen LogP contribution >= 0.6 is 11.8 Å². The average molecular weight is 763 g/mol. The number of benzene rings is 8. The molecule has 0 aromatic heterocycles. The van der Waals surface area contributed by atoms with Crippen LogP contribution in [0, 0.1) is 6.92 Å². The zero-order valence-electron chi connectivity index (χ0n) is 31.9. The van der Waals surface area contributed by atoms with Gasteiger partial charge in [-0.1, -0.05) is 102 Å². The Morgan fingerprint density at radius 3 is 0.895 bits per heavy atom. The van der Waals surface area contributed by atoms with E-state index in [0.29, 0.717) is 0 Å². The van der Waals surface area contributed by atoms with Crippen molar-refractivity contribution in [3.8, 4) is 51.4 Å². The molecule has 4 nitrogen and oxygen atoms in total. The highest BCUT2D eigenvalue weighted by Gasteiger charge is 2.06. The number of ether oxygens (including phenoxy) is 4. The maximum absolute atomic E-state index is 6.18. The van der Waals surface area contributed by atoms with Gasteiger partial charge in [-0.3, -0.25) is 0 Å². The number of hydrogen-bond acceptors (Lipinski definition) is 5. The Labute approximate surface area is 339 Å². The molecule has 0 spiro atoms. The molecule has 57 heavy (non-hydrogen) atoms. The first kappa shape index (κ1) is 37.2. The molecule has 0 amide bonds. The van der Waals surface area contributed by atoms with Crippen molar-refractivity contribution in [1.29, 1.82) is 0 Å². The summed E-state index contributed by atoms with van der Waals surface area (Å²) in [5.41, 5.74) is 8.48. The van der Waals surface area contributed by atoms with Crippen molar-refractivity contribution in [2.75, 3.05) is 7.11 Å². The molecule has 8 rings (SSSR count). The number of aryl methyl sites for hydroxylation is 1.